The average Bonchev–Trinajstić information content (AvgIpc) is 2.66. The van der Waals surface area contributed by atoms with Gasteiger partial charge < -0.3 is 10.2 Å². The summed E-state index contributed by atoms with van der Waals surface area (Å²) in [7, 11) is 0. The van der Waals surface area contributed by atoms with Crippen molar-refractivity contribution in [3.8, 4) is 11.4 Å². The summed E-state index contributed by atoms with van der Waals surface area (Å²) in [6.07, 6.45) is 2.30. The molecule has 1 aliphatic rings. The van der Waals surface area contributed by atoms with Gasteiger partial charge in [0.15, 0.2) is 11.6 Å². The molecule has 0 unspecified atom stereocenters. The van der Waals surface area contributed by atoms with Crippen LogP contribution in [0.25, 0.3) is 11.4 Å². The van der Waals surface area contributed by atoms with Gasteiger partial charge in [-0.1, -0.05) is 64.6 Å². The Bertz CT molecular complexity index is 781. The lowest BCUT2D eigenvalue weighted by atomic mass is 9.96. The number of nitrogens with one attached hydrogen (secondary N) is 1. The zero-order valence-electron chi connectivity index (χ0n) is 16.4. The molecule has 0 bridgehead atoms. The summed E-state index contributed by atoms with van der Waals surface area (Å²) < 4.78 is -1.71. The van der Waals surface area contributed by atoms with E-state index in [1.807, 2.05) is 31.2 Å². The van der Waals surface area contributed by atoms with Gasteiger partial charge in [-0.25, -0.2) is 4.98 Å². The fourth-order valence-electron chi connectivity index (χ4n) is 3.32. The maximum Gasteiger partial charge on any atom is 0.250 e. The zero-order chi connectivity index (χ0) is 20.3. The summed E-state index contributed by atoms with van der Waals surface area (Å²) >= 11 is 18.2. The highest BCUT2D eigenvalue weighted by Crippen LogP contribution is 2.37. The summed E-state index contributed by atoms with van der Waals surface area (Å²) in [6, 6.07) is 8.52. The molecule has 2 aromatic rings. The number of rotatable bonds is 5. The lowest BCUT2D eigenvalue weighted by Crippen LogP contribution is -2.40. The van der Waals surface area contributed by atoms with E-state index in [1.54, 1.807) is 0 Å². The van der Waals surface area contributed by atoms with Gasteiger partial charge >= 0.3 is 0 Å². The van der Waals surface area contributed by atoms with Crippen LogP contribution >= 0.6 is 34.8 Å². The molecule has 0 radical (unpaired) electrons. The summed E-state index contributed by atoms with van der Waals surface area (Å²) in [5.41, 5.74) is 2.02. The van der Waals surface area contributed by atoms with E-state index in [0.29, 0.717) is 23.7 Å². The predicted octanol–water partition coefficient (Wildman–Crippen LogP) is 5.21. The minimum Gasteiger partial charge on any atom is -0.354 e. The van der Waals surface area contributed by atoms with Crippen molar-refractivity contribution in [1.29, 1.82) is 0 Å². The second kappa shape index (κ2) is 9.12. The molecular formula is C20H26Cl3N5. The molecule has 0 saturated carbocycles. The molecule has 1 aromatic heterocycles. The molecule has 3 rings (SSSR count). The zero-order valence-corrected chi connectivity index (χ0v) is 18.7. The molecule has 1 saturated heterocycles. The molecule has 0 spiro atoms. The van der Waals surface area contributed by atoms with Crippen molar-refractivity contribution in [2.75, 3.05) is 25.0 Å². The number of hydrogen-bond donors (Lipinski definition) is 1. The van der Waals surface area contributed by atoms with Gasteiger partial charge in [-0.05, 0) is 52.6 Å². The smallest absolute Gasteiger partial charge is 0.250 e. The molecule has 8 heteroatoms. The number of aromatic nitrogens is 3. The van der Waals surface area contributed by atoms with Crippen LogP contribution in [0.4, 0.5) is 5.95 Å². The fourth-order valence-corrected chi connectivity index (χ4v) is 3.58. The number of likely N-dealkylation sites (tertiary alicyclic amines) is 1. The lowest BCUT2D eigenvalue weighted by Gasteiger charge is -2.34. The molecule has 2 heterocycles. The van der Waals surface area contributed by atoms with E-state index in [-0.39, 0.29) is 5.82 Å². The number of benzene rings is 1. The third-order valence-corrected chi connectivity index (χ3v) is 5.63. The number of nitrogens with zero attached hydrogens (tertiary/aromatic N) is 4. The molecule has 5 nitrogen and oxygen atoms in total. The van der Waals surface area contributed by atoms with Crippen molar-refractivity contribution in [2.24, 2.45) is 5.92 Å². The van der Waals surface area contributed by atoms with Crippen LogP contribution in [0.1, 0.15) is 38.1 Å². The van der Waals surface area contributed by atoms with Crippen molar-refractivity contribution in [2.45, 2.75) is 43.4 Å². The van der Waals surface area contributed by atoms with E-state index >= 15 is 0 Å². The van der Waals surface area contributed by atoms with E-state index in [1.165, 1.54) is 0 Å². The Labute approximate surface area is 181 Å². The summed E-state index contributed by atoms with van der Waals surface area (Å²) in [6.45, 7) is 9.55. The molecule has 0 atom stereocenters. The van der Waals surface area contributed by atoms with Gasteiger partial charge in [-0.2, -0.15) is 9.97 Å². The maximum atomic E-state index is 6.05. The molecule has 0 amide bonds. The molecule has 0 aliphatic carbocycles. The Hall–Kier alpha value is -1.14. The van der Waals surface area contributed by atoms with Crippen LogP contribution < -0.4 is 5.32 Å². The Balaban J connectivity index is 1.75. The molecule has 1 fully saturated rings. The Morgan fingerprint density at radius 1 is 1.07 bits per heavy atom. The van der Waals surface area contributed by atoms with E-state index in [4.69, 9.17) is 34.8 Å². The highest BCUT2D eigenvalue weighted by molar-refractivity contribution is 6.66. The highest BCUT2D eigenvalue weighted by atomic mass is 35.6. The van der Waals surface area contributed by atoms with Crippen LogP contribution in [-0.4, -0.2) is 45.5 Å². The van der Waals surface area contributed by atoms with Crippen LogP contribution in [0, 0.1) is 12.8 Å². The molecule has 152 valence electrons. The van der Waals surface area contributed by atoms with Gasteiger partial charge in [-0.3, -0.25) is 0 Å². The standard InChI is InChI=1S/C20H26Cl3N5/c1-13(2)28-10-8-15(9-11-28)12-24-19-26-17(16-6-4-14(3)5-7-16)25-18(27-19)20(21,22)23/h4-7,13,15H,8-12H2,1-3H3,(H,24,25,26,27). The summed E-state index contributed by atoms with van der Waals surface area (Å²) in [5.74, 6) is 1.64. The third kappa shape index (κ3) is 5.69. The van der Waals surface area contributed by atoms with Crippen molar-refractivity contribution in [3.63, 3.8) is 0 Å². The van der Waals surface area contributed by atoms with E-state index in [2.05, 4.69) is 39.0 Å². The number of hydrogen-bond acceptors (Lipinski definition) is 5. The van der Waals surface area contributed by atoms with Gasteiger partial charge in [0.2, 0.25) is 9.74 Å². The Kier molecular flexibility index (Phi) is 7.02. The van der Waals surface area contributed by atoms with E-state index < -0.39 is 3.79 Å². The first-order valence-electron chi connectivity index (χ1n) is 9.60. The van der Waals surface area contributed by atoms with E-state index in [9.17, 15) is 0 Å². The lowest BCUT2D eigenvalue weighted by molar-refractivity contribution is 0.153. The number of halogens is 3. The number of aryl methyl sites for hydroxylation is 1. The van der Waals surface area contributed by atoms with Crippen LogP contribution in [0.3, 0.4) is 0 Å². The Morgan fingerprint density at radius 3 is 2.29 bits per heavy atom. The summed E-state index contributed by atoms with van der Waals surface area (Å²) in [5, 5.41) is 3.34. The second-order valence-corrected chi connectivity index (χ2v) is 9.91. The van der Waals surface area contributed by atoms with Crippen LogP contribution in [0.2, 0.25) is 0 Å². The van der Waals surface area contributed by atoms with Crippen molar-refractivity contribution >= 4 is 40.8 Å². The van der Waals surface area contributed by atoms with Crippen molar-refractivity contribution in [1.82, 2.24) is 19.9 Å². The van der Waals surface area contributed by atoms with Gasteiger partial charge in [0, 0.05) is 18.2 Å². The molecule has 1 aliphatic heterocycles. The minimum absolute atomic E-state index is 0.125. The first kappa shape index (κ1) is 21.6. The first-order chi connectivity index (χ1) is 13.2. The van der Waals surface area contributed by atoms with Crippen LogP contribution in [-0.2, 0) is 3.79 Å². The molecule has 1 N–H and O–H groups in total. The van der Waals surface area contributed by atoms with Gasteiger partial charge in [0.05, 0.1) is 0 Å². The molecular weight excluding hydrogens is 417 g/mol. The second-order valence-electron chi connectivity index (χ2n) is 7.62. The van der Waals surface area contributed by atoms with Gasteiger partial charge in [0.1, 0.15) is 0 Å². The van der Waals surface area contributed by atoms with Crippen LogP contribution in [0.5, 0.6) is 0 Å². The largest absolute Gasteiger partial charge is 0.354 e. The van der Waals surface area contributed by atoms with Crippen molar-refractivity contribution in [3.05, 3.63) is 35.7 Å². The number of alkyl halides is 3. The Morgan fingerprint density at radius 2 is 1.71 bits per heavy atom. The quantitative estimate of drug-likeness (QED) is 0.644. The SMILES string of the molecule is Cc1ccc(-c2nc(NCC3CCN(C(C)C)CC3)nc(C(Cl)(Cl)Cl)n2)cc1. The van der Waals surface area contributed by atoms with Gasteiger partial charge in [-0.15, -0.1) is 0 Å². The monoisotopic (exact) mass is 441 g/mol. The van der Waals surface area contributed by atoms with Crippen molar-refractivity contribution < 1.29 is 0 Å². The van der Waals surface area contributed by atoms with Gasteiger partial charge in [0.25, 0.3) is 0 Å². The maximum absolute atomic E-state index is 6.05. The minimum atomic E-state index is -1.71. The third-order valence-electron chi connectivity index (χ3n) is 5.13. The first-order valence-corrected chi connectivity index (χ1v) is 10.7. The number of anilines is 1. The molecule has 28 heavy (non-hydrogen) atoms. The summed E-state index contributed by atoms with van der Waals surface area (Å²) in [4.78, 5) is 15.8. The van der Waals surface area contributed by atoms with E-state index in [0.717, 1.165) is 43.6 Å². The average molecular weight is 443 g/mol. The highest BCUT2D eigenvalue weighted by Gasteiger charge is 2.29. The normalized spacial score (nSPS) is 16.5. The molecule has 1 aromatic carbocycles. The predicted molar refractivity (Wildman–Crippen MR) is 117 cm³/mol. The van der Waals surface area contributed by atoms with Crippen LogP contribution in [0.15, 0.2) is 24.3 Å². The fraction of sp³-hybridized carbons (Fsp3) is 0.550. The number of piperidine rings is 1. The topological polar surface area (TPSA) is 53.9 Å².